The van der Waals surface area contributed by atoms with E-state index >= 15 is 0 Å². The molecule has 1 aromatic carbocycles. The van der Waals surface area contributed by atoms with Gasteiger partial charge in [-0.15, -0.1) is 0 Å². The van der Waals surface area contributed by atoms with Crippen LogP contribution in [0.2, 0.25) is 0 Å². The lowest BCUT2D eigenvalue weighted by molar-refractivity contribution is 0.172. The van der Waals surface area contributed by atoms with Crippen LogP contribution >= 0.6 is 0 Å². The highest BCUT2D eigenvalue weighted by atomic mass is 19.1. The topological polar surface area (TPSA) is 29.5 Å². The molecule has 0 aliphatic heterocycles. The van der Waals surface area contributed by atoms with Crippen molar-refractivity contribution in [2.75, 3.05) is 7.11 Å². The number of allylic oxidation sites excluding steroid dienone is 1. The van der Waals surface area contributed by atoms with Crippen LogP contribution in [0.15, 0.2) is 29.8 Å². The van der Waals surface area contributed by atoms with Crippen molar-refractivity contribution in [2.24, 2.45) is 0 Å². The Hall–Kier alpha value is -1.35. The molecule has 19 heavy (non-hydrogen) atoms. The fraction of sp³-hybridized carbons (Fsp3) is 0.500. The number of aliphatic hydroxyl groups excluding tert-OH is 1. The van der Waals surface area contributed by atoms with Crippen molar-refractivity contribution < 1.29 is 14.2 Å². The van der Waals surface area contributed by atoms with Gasteiger partial charge < -0.3 is 9.84 Å². The summed E-state index contributed by atoms with van der Waals surface area (Å²) in [6.07, 6.45) is 7.29. The van der Waals surface area contributed by atoms with Gasteiger partial charge in [-0.25, -0.2) is 4.39 Å². The molecule has 0 bridgehead atoms. The van der Waals surface area contributed by atoms with Gasteiger partial charge in [0, 0.05) is 6.42 Å². The molecule has 104 valence electrons. The van der Waals surface area contributed by atoms with E-state index in [0.717, 1.165) is 12.8 Å². The zero-order chi connectivity index (χ0) is 13.7. The lowest BCUT2D eigenvalue weighted by Gasteiger charge is -2.17. The Balaban J connectivity index is 1.98. The molecule has 1 N–H and O–H groups in total. The first-order valence-corrected chi connectivity index (χ1v) is 6.88. The van der Waals surface area contributed by atoms with E-state index in [-0.39, 0.29) is 11.6 Å². The highest BCUT2D eigenvalue weighted by Crippen LogP contribution is 2.25. The number of methoxy groups -OCH3 is 1. The molecule has 1 atom stereocenters. The summed E-state index contributed by atoms with van der Waals surface area (Å²) in [6.45, 7) is 0. The smallest absolute Gasteiger partial charge is 0.168 e. The summed E-state index contributed by atoms with van der Waals surface area (Å²) < 4.78 is 18.9. The minimum atomic E-state index is -0.522. The van der Waals surface area contributed by atoms with Crippen LogP contribution in [0.25, 0.3) is 0 Å². The lowest BCUT2D eigenvalue weighted by Crippen LogP contribution is -2.13. The van der Waals surface area contributed by atoms with Gasteiger partial charge in [-0.1, -0.05) is 23.8 Å². The summed E-state index contributed by atoms with van der Waals surface area (Å²) in [7, 11) is 1.45. The Morgan fingerprint density at radius 1 is 1.32 bits per heavy atom. The molecule has 0 fully saturated rings. The normalized spacial score (nSPS) is 16.9. The predicted molar refractivity (Wildman–Crippen MR) is 73.8 cm³/mol. The van der Waals surface area contributed by atoms with E-state index in [9.17, 15) is 9.50 Å². The second-order valence-corrected chi connectivity index (χ2v) is 5.10. The SMILES string of the molecule is COc1cccc(CC(O)CC2=CCCCC2)c1F. The zero-order valence-electron chi connectivity index (χ0n) is 11.4. The highest BCUT2D eigenvalue weighted by Gasteiger charge is 2.15. The predicted octanol–water partition coefficient (Wildman–Crippen LogP) is 3.63. The Morgan fingerprint density at radius 2 is 2.16 bits per heavy atom. The Labute approximate surface area is 113 Å². The van der Waals surface area contributed by atoms with Crippen LogP contribution in [0.4, 0.5) is 4.39 Å². The fourth-order valence-corrected chi connectivity index (χ4v) is 2.59. The van der Waals surface area contributed by atoms with Crippen molar-refractivity contribution in [3.05, 3.63) is 41.2 Å². The standard InChI is InChI=1S/C16H21FO2/c1-19-15-9-5-8-13(16(15)17)11-14(18)10-12-6-3-2-4-7-12/h5-6,8-9,14,18H,2-4,7,10-11H2,1H3. The first-order valence-electron chi connectivity index (χ1n) is 6.88. The number of aliphatic hydroxyl groups is 1. The van der Waals surface area contributed by atoms with Crippen molar-refractivity contribution in [3.63, 3.8) is 0 Å². The average molecular weight is 264 g/mol. The molecule has 1 unspecified atom stereocenters. The quantitative estimate of drug-likeness (QED) is 0.823. The summed E-state index contributed by atoms with van der Waals surface area (Å²) >= 11 is 0. The van der Waals surface area contributed by atoms with Crippen LogP contribution in [-0.2, 0) is 6.42 Å². The molecule has 0 amide bonds. The fourth-order valence-electron chi connectivity index (χ4n) is 2.59. The van der Waals surface area contributed by atoms with E-state index in [2.05, 4.69) is 6.08 Å². The third-order valence-electron chi connectivity index (χ3n) is 3.60. The van der Waals surface area contributed by atoms with Gasteiger partial charge in [-0.3, -0.25) is 0 Å². The molecule has 2 nitrogen and oxygen atoms in total. The van der Waals surface area contributed by atoms with Crippen LogP contribution in [-0.4, -0.2) is 18.3 Å². The zero-order valence-corrected chi connectivity index (χ0v) is 11.4. The second kappa shape index (κ2) is 6.71. The molecule has 1 aliphatic rings. The lowest BCUT2D eigenvalue weighted by atomic mass is 9.93. The van der Waals surface area contributed by atoms with Crippen molar-refractivity contribution >= 4 is 0 Å². The van der Waals surface area contributed by atoms with E-state index in [1.807, 2.05) is 0 Å². The summed E-state index contributed by atoms with van der Waals surface area (Å²) in [5.41, 5.74) is 1.82. The molecule has 1 aliphatic carbocycles. The van der Waals surface area contributed by atoms with Crippen LogP contribution in [0.1, 0.15) is 37.7 Å². The van der Waals surface area contributed by atoms with E-state index in [1.54, 1.807) is 18.2 Å². The maximum Gasteiger partial charge on any atom is 0.168 e. The third-order valence-corrected chi connectivity index (χ3v) is 3.60. The summed E-state index contributed by atoms with van der Waals surface area (Å²) in [5.74, 6) is -0.122. The molecular weight excluding hydrogens is 243 g/mol. The summed E-state index contributed by atoms with van der Waals surface area (Å²) in [6, 6.07) is 5.05. The molecule has 0 heterocycles. The van der Waals surface area contributed by atoms with Crippen LogP contribution in [0, 0.1) is 5.82 Å². The number of hydrogen-bond acceptors (Lipinski definition) is 2. The van der Waals surface area contributed by atoms with Gasteiger partial charge >= 0.3 is 0 Å². The molecular formula is C16H21FO2. The molecule has 0 radical (unpaired) electrons. The highest BCUT2D eigenvalue weighted by molar-refractivity contribution is 5.31. The largest absolute Gasteiger partial charge is 0.494 e. The third kappa shape index (κ3) is 3.80. The van der Waals surface area contributed by atoms with Gasteiger partial charge in [-0.2, -0.15) is 0 Å². The minimum Gasteiger partial charge on any atom is -0.494 e. The number of hydrogen-bond donors (Lipinski definition) is 1. The summed E-state index contributed by atoms with van der Waals surface area (Å²) in [4.78, 5) is 0. The first-order chi connectivity index (χ1) is 9.20. The molecule has 0 aromatic heterocycles. The van der Waals surface area contributed by atoms with Crippen LogP contribution in [0.5, 0.6) is 5.75 Å². The van der Waals surface area contributed by atoms with Gasteiger partial charge in [0.2, 0.25) is 0 Å². The van der Waals surface area contributed by atoms with Gasteiger partial charge in [0.1, 0.15) is 0 Å². The Kier molecular flexibility index (Phi) is 4.97. The van der Waals surface area contributed by atoms with Crippen molar-refractivity contribution in [1.29, 1.82) is 0 Å². The van der Waals surface area contributed by atoms with Crippen LogP contribution in [0.3, 0.4) is 0 Å². The van der Waals surface area contributed by atoms with Gasteiger partial charge in [-0.05, 0) is 43.7 Å². The number of rotatable bonds is 5. The maximum absolute atomic E-state index is 14.0. The van der Waals surface area contributed by atoms with Gasteiger partial charge in [0.15, 0.2) is 11.6 Å². The van der Waals surface area contributed by atoms with Crippen molar-refractivity contribution in [3.8, 4) is 5.75 Å². The van der Waals surface area contributed by atoms with Crippen molar-refractivity contribution in [1.82, 2.24) is 0 Å². The molecule has 0 saturated carbocycles. The number of halogens is 1. The van der Waals surface area contributed by atoms with E-state index in [0.29, 0.717) is 18.4 Å². The molecule has 0 spiro atoms. The number of ether oxygens (including phenoxy) is 1. The minimum absolute atomic E-state index is 0.238. The molecule has 0 saturated heterocycles. The van der Waals surface area contributed by atoms with E-state index < -0.39 is 6.10 Å². The van der Waals surface area contributed by atoms with Gasteiger partial charge in [0.25, 0.3) is 0 Å². The Bertz CT molecular complexity index is 454. The van der Waals surface area contributed by atoms with Gasteiger partial charge in [0.05, 0.1) is 13.2 Å². The first kappa shape index (κ1) is 14.1. The summed E-state index contributed by atoms with van der Waals surface area (Å²) in [5, 5.41) is 10.1. The van der Waals surface area contributed by atoms with E-state index in [4.69, 9.17) is 4.74 Å². The molecule has 1 aromatic rings. The average Bonchev–Trinajstić information content (AvgIpc) is 2.42. The second-order valence-electron chi connectivity index (χ2n) is 5.10. The van der Waals surface area contributed by atoms with Crippen LogP contribution < -0.4 is 4.74 Å². The number of benzene rings is 1. The molecule has 2 rings (SSSR count). The Morgan fingerprint density at radius 3 is 2.84 bits per heavy atom. The molecule has 3 heteroatoms. The van der Waals surface area contributed by atoms with Crippen molar-refractivity contribution in [2.45, 2.75) is 44.6 Å². The maximum atomic E-state index is 14.0. The van der Waals surface area contributed by atoms with E-state index in [1.165, 1.54) is 25.5 Å². The monoisotopic (exact) mass is 264 g/mol.